The zero-order valence-electron chi connectivity index (χ0n) is 10.1. The lowest BCUT2D eigenvalue weighted by molar-refractivity contribution is -0.116. The van der Waals surface area contributed by atoms with Gasteiger partial charge >= 0.3 is 0 Å². The van der Waals surface area contributed by atoms with Gasteiger partial charge in [-0.1, -0.05) is 5.21 Å². The Bertz CT molecular complexity index is 484. The first-order chi connectivity index (χ1) is 8.71. The van der Waals surface area contributed by atoms with Crippen molar-refractivity contribution in [2.75, 3.05) is 5.32 Å². The van der Waals surface area contributed by atoms with Crippen molar-refractivity contribution in [2.24, 2.45) is 5.73 Å². The molecule has 2 aromatic rings. The van der Waals surface area contributed by atoms with Crippen LogP contribution in [-0.4, -0.2) is 30.7 Å². The number of rotatable bonds is 5. The van der Waals surface area contributed by atoms with E-state index >= 15 is 0 Å². The zero-order chi connectivity index (χ0) is 13.0. The molecule has 0 spiro atoms. The molecule has 0 radical (unpaired) electrons. The molecule has 1 amide bonds. The van der Waals surface area contributed by atoms with Crippen LogP contribution in [0.3, 0.4) is 0 Å². The Morgan fingerprint density at radius 1 is 1.44 bits per heavy atom. The first kappa shape index (κ1) is 12.2. The Balaban J connectivity index is 1.92. The maximum Gasteiger partial charge on any atom is 0.246 e. The van der Waals surface area contributed by atoms with Gasteiger partial charge in [-0.05, 0) is 6.92 Å². The molecule has 2 rings (SSSR count). The summed E-state index contributed by atoms with van der Waals surface area (Å²) < 4.78 is 3.18. The van der Waals surface area contributed by atoms with Crippen molar-refractivity contribution in [3.8, 4) is 0 Å². The van der Waals surface area contributed by atoms with E-state index in [4.69, 9.17) is 5.73 Å². The van der Waals surface area contributed by atoms with Gasteiger partial charge < -0.3 is 11.1 Å². The fourth-order valence-corrected chi connectivity index (χ4v) is 1.46. The van der Waals surface area contributed by atoms with Crippen LogP contribution in [0, 0.1) is 0 Å². The maximum absolute atomic E-state index is 11.7. The van der Waals surface area contributed by atoms with E-state index in [2.05, 4.69) is 20.7 Å². The average molecular weight is 249 g/mol. The van der Waals surface area contributed by atoms with Crippen LogP contribution in [0.4, 0.5) is 5.69 Å². The normalized spacial score (nSPS) is 10.6. The maximum atomic E-state index is 11.7. The molecular weight excluding hydrogens is 234 g/mol. The summed E-state index contributed by atoms with van der Waals surface area (Å²) in [6.45, 7) is 3.15. The SMILES string of the molecule is CCn1cc(NC(=O)Cn2cc(CN)nn2)cn1. The molecule has 3 N–H and O–H groups in total. The van der Waals surface area contributed by atoms with Gasteiger partial charge in [0.25, 0.3) is 0 Å². The second-order valence-corrected chi connectivity index (χ2v) is 3.74. The minimum Gasteiger partial charge on any atom is -0.325 e. The standard InChI is InChI=1S/C10H15N7O/c1-2-16-6-9(4-12-16)13-10(18)7-17-5-8(3-11)14-15-17/h4-6H,2-3,7,11H2,1H3,(H,13,18). The highest BCUT2D eigenvalue weighted by Crippen LogP contribution is 2.04. The van der Waals surface area contributed by atoms with Crippen molar-refractivity contribution in [1.82, 2.24) is 24.8 Å². The Kier molecular flexibility index (Phi) is 3.68. The number of carbonyl (C=O) groups excluding carboxylic acids is 1. The lowest BCUT2D eigenvalue weighted by Crippen LogP contribution is -2.18. The molecule has 0 aliphatic carbocycles. The van der Waals surface area contributed by atoms with Crippen molar-refractivity contribution in [3.63, 3.8) is 0 Å². The summed E-state index contributed by atoms with van der Waals surface area (Å²) in [6, 6.07) is 0. The Morgan fingerprint density at radius 3 is 2.89 bits per heavy atom. The topological polar surface area (TPSA) is 104 Å². The van der Waals surface area contributed by atoms with Gasteiger partial charge in [-0.15, -0.1) is 5.10 Å². The quantitative estimate of drug-likeness (QED) is 0.749. The number of nitrogens with two attached hydrogens (primary N) is 1. The molecule has 0 aliphatic heterocycles. The van der Waals surface area contributed by atoms with Crippen molar-refractivity contribution in [2.45, 2.75) is 26.6 Å². The number of anilines is 1. The Hall–Kier alpha value is -2.22. The molecule has 0 saturated carbocycles. The first-order valence-electron chi connectivity index (χ1n) is 5.62. The van der Waals surface area contributed by atoms with Crippen LogP contribution >= 0.6 is 0 Å². The molecule has 0 aromatic carbocycles. The van der Waals surface area contributed by atoms with Crippen LogP contribution in [0.25, 0.3) is 0 Å². The number of aromatic nitrogens is 5. The second kappa shape index (κ2) is 5.41. The monoisotopic (exact) mass is 249 g/mol. The van der Waals surface area contributed by atoms with Crippen LogP contribution in [0.1, 0.15) is 12.6 Å². The zero-order valence-corrected chi connectivity index (χ0v) is 10.1. The van der Waals surface area contributed by atoms with Crippen LogP contribution in [-0.2, 0) is 24.4 Å². The fourth-order valence-electron chi connectivity index (χ4n) is 1.46. The number of hydrogen-bond donors (Lipinski definition) is 2. The van der Waals surface area contributed by atoms with Gasteiger partial charge in [0.1, 0.15) is 6.54 Å². The molecular formula is C10H15N7O. The molecule has 0 atom stereocenters. The number of hydrogen-bond acceptors (Lipinski definition) is 5. The minimum atomic E-state index is -0.181. The molecule has 0 bridgehead atoms. The van der Waals surface area contributed by atoms with E-state index in [1.54, 1.807) is 23.3 Å². The summed E-state index contributed by atoms with van der Waals surface area (Å²) in [4.78, 5) is 11.7. The smallest absolute Gasteiger partial charge is 0.246 e. The van der Waals surface area contributed by atoms with Gasteiger partial charge in [-0.25, -0.2) is 4.68 Å². The third-order valence-electron chi connectivity index (χ3n) is 2.34. The van der Waals surface area contributed by atoms with Crippen molar-refractivity contribution in [1.29, 1.82) is 0 Å². The highest BCUT2D eigenvalue weighted by Gasteiger charge is 2.07. The molecule has 8 nitrogen and oxygen atoms in total. The molecule has 0 unspecified atom stereocenters. The largest absolute Gasteiger partial charge is 0.325 e. The first-order valence-corrected chi connectivity index (χ1v) is 5.62. The van der Waals surface area contributed by atoms with Crippen molar-refractivity contribution < 1.29 is 4.79 Å². The average Bonchev–Trinajstić information content (AvgIpc) is 2.98. The molecule has 2 aromatic heterocycles. The molecule has 0 saturated heterocycles. The van der Waals surface area contributed by atoms with Gasteiger partial charge in [-0.2, -0.15) is 5.10 Å². The molecule has 8 heteroatoms. The van der Waals surface area contributed by atoms with E-state index in [-0.39, 0.29) is 12.5 Å². The number of aryl methyl sites for hydroxylation is 1. The highest BCUT2D eigenvalue weighted by atomic mass is 16.2. The van der Waals surface area contributed by atoms with Gasteiger partial charge in [0, 0.05) is 19.3 Å². The molecule has 0 fully saturated rings. The summed E-state index contributed by atoms with van der Waals surface area (Å²) in [6.07, 6.45) is 5.02. The Labute approximate surface area is 104 Å². The van der Waals surface area contributed by atoms with Crippen LogP contribution in [0.15, 0.2) is 18.6 Å². The van der Waals surface area contributed by atoms with Crippen molar-refractivity contribution in [3.05, 3.63) is 24.3 Å². The molecule has 18 heavy (non-hydrogen) atoms. The lowest BCUT2D eigenvalue weighted by atomic mass is 10.4. The Morgan fingerprint density at radius 2 is 2.28 bits per heavy atom. The predicted molar refractivity (Wildman–Crippen MR) is 64.4 cm³/mol. The van der Waals surface area contributed by atoms with E-state index in [0.29, 0.717) is 17.9 Å². The second-order valence-electron chi connectivity index (χ2n) is 3.74. The van der Waals surface area contributed by atoms with Gasteiger partial charge in [0.2, 0.25) is 5.91 Å². The summed E-state index contributed by atoms with van der Waals surface area (Å²) in [7, 11) is 0. The third kappa shape index (κ3) is 2.92. The van der Waals surface area contributed by atoms with Crippen molar-refractivity contribution >= 4 is 11.6 Å². The summed E-state index contributed by atoms with van der Waals surface area (Å²) in [5, 5.41) is 14.4. The summed E-state index contributed by atoms with van der Waals surface area (Å²) in [5.41, 5.74) is 6.73. The lowest BCUT2D eigenvalue weighted by Gasteiger charge is -2.01. The molecule has 2 heterocycles. The number of carbonyl (C=O) groups is 1. The van der Waals surface area contributed by atoms with E-state index < -0.39 is 0 Å². The summed E-state index contributed by atoms with van der Waals surface area (Å²) >= 11 is 0. The van der Waals surface area contributed by atoms with Crippen LogP contribution < -0.4 is 11.1 Å². The molecule has 96 valence electrons. The number of nitrogens with one attached hydrogen (secondary N) is 1. The highest BCUT2D eigenvalue weighted by molar-refractivity contribution is 5.90. The third-order valence-corrected chi connectivity index (χ3v) is 2.34. The molecule has 0 aliphatic rings. The van der Waals surface area contributed by atoms with E-state index in [0.717, 1.165) is 6.54 Å². The van der Waals surface area contributed by atoms with Crippen LogP contribution in [0.5, 0.6) is 0 Å². The summed E-state index contributed by atoms with van der Waals surface area (Å²) in [5.74, 6) is -0.181. The van der Waals surface area contributed by atoms with Gasteiger partial charge in [0.15, 0.2) is 0 Å². The fraction of sp³-hybridized carbons (Fsp3) is 0.400. The van der Waals surface area contributed by atoms with E-state index in [1.807, 2.05) is 6.92 Å². The van der Waals surface area contributed by atoms with Gasteiger partial charge in [0.05, 0.1) is 23.8 Å². The van der Waals surface area contributed by atoms with Gasteiger partial charge in [-0.3, -0.25) is 9.48 Å². The van der Waals surface area contributed by atoms with E-state index in [1.165, 1.54) is 4.68 Å². The number of amides is 1. The minimum absolute atomic E-state index is 0.101. The predicted octanol–water partition coefficient (Wildman–Crippen LogP) is -0.408. The van der Waals surface area contributed by atoms with Crippen LogP contribution in [0.2, 0.25) is 0 Å². The van der Waals surface area contributed by atoms with E-state index in [9.17, 15) is 4.79 Å². The number of nitrogens with zero attached hydrogens (tertiary/aromatic N) is 5.